The Balaban J connectivity index is -0.00000000167. The van der Waals surface area contributed by atoms with E-state index >= 15 is 0 Å². The van der Waals surface area contributed by atoms with Crippen LogP contribution in [0, 0.1) is 38.2 Å². The van der Waals surface area contributed by atoms with E-state index < -0.39 is 0 Å². The van der Waals surface area contributed by atoms with Gasteiger partial charge in [0, 0.05) is 70.7 Å². The van der Waals surface area contributed by atoms with Gasteiger partial charge in [-0.05, 0) is 0 Å². The molecule has 29 valence electrons. The van der Waals surface area contributed by atoms with Crippen LogP contribution >= 0.6 is 0 Å². The molecule has 0 rings (SSSR count). The minimum absolute atomic E-state index is 0. The first-order chi connectivity index (χ1) is 1.00. The molecule has 0 saturated carbocycles. The molecule has 5 heavy (non-hydrogen) atoms. The van der Waals surface area contributed by atoms with Crippen LogP contribution in [0.1, 0.15) is 0 Å². The van der Waals surface area contributed by atoms with Crippen molar-refractivity contribution in [3.8, 4) is 0 Å². The van der Waals surface area contributed by atoms with Crippen LogP contribution in [-0.2, 0) is 39.6 Å². The van der Waals surface area contributed by atoms with Crippen molar-refractivity contribution in [2.75, 3.05) is 0 Å². The Hall–Kier alpha value is 2.28. The second kappa shape index (κ2) is 33.6. The SMILES string of the molecule is [CH2-]O.[U].[V].[W]. The van der Waals surface area contributed by atoms with Gasteiger partial charge in [-0.2, -0.15) is 0 Å². The molecule has 1 N–H and O–H groups in total. The van der Waals surface area contributed by atoms with Gasteiger partial charge in [-0.3, -0.25) is 0 Å². The van der Waals surface area contributed by atoms with Crippen molar-refractivity contribution < 1.29 is 75.8 Å². The van der Waals surface area contributed by atoms with E-state index in [9.17, 15) is 0 Å². The smallest absolute Gasteiger partial charge is 0 e. The third-order valence-corrected chi connectivity index (χ3v) is 0. The molecule has 4 heteroatoms. The van der Waals surface area contributed by atoms with Gasteiger partial charge in [0.05, 0.1) is 0 Å². The van der Waals surface area contributed by atoms with Crippen molar-refractivity contribution in [1.82, 2.24) is 0 Å². The fraction of sp³-hybridized carbons (Fsp3) is 0. The van der Waals surface area contributed by atoms with Gasteiger partial charge in [0.2, 0.25) is 0 Å². The number of hydrogen-bond acceptors (Lipinski definition) is 1. The van der Waals surface area contributed by atoms with Gasteiger partial charge < -0.3 is 5.11 Å². The first-order valence-corrected chi connectivity index (χ1v) is 0.316. The first kappa shape index (κ1) is 26.7. The zero-order valence-corrected chi connectivity index (χ0v) is 11.0. The average molecular weight is 504 g/mol. The third-order valence-electron chi connectivity index (χ3n) is 0. The van der Waals surface area contributed by atoms with E-state index in [-0.39, 0.29) is 70.7 Å². The molecule has 0 saturated heterocycles. The monoisotopic (exact) mass is 504 g/mol. The largest absolute Gasteiger partial charge is 0.569 e. The molecule has 0 aliphatic rings. The van der Waals surface area contributed by atoms with Crippen LogP contribution in [0.2, 0.25) is 0 Å². The summed E-state index contributed by atoms with van der Waals surface area (Å²) in [6, 6.07) is 0. The van der Waals surface area contributed by atoms with Crippen LogP contribution < -0.4 is 0 Å². The Kier molecular flexibility index (Phi) is 179. The van der Waals surface area contributed by atoms with Crippen LogP contribution in [0.3, 0.4) is 0 Å². The molecule has 0 aromatic carbocycles. The van der Waals surface area contributed by atoms with E-state index in [2.05, 4.69) is 7.11 Å². The van der Waals surface area contributed by atoms with Crippen LogP contribution in [0.4, 0.5) is 0 Å². The topological polar surface area (TPSA) is 20.2 Å². The second-order valence-corrected chi connectivity index (χ2v) is 0. The van der Waals surface area contributed by atoms with Gasteiger partial charge in [-0.15, -0.1) is 0 Å². The van der Waals surface area contributed by atoms with Crippen molar-refractivity contribution in [2.24, 2.45) is 0 Å². The predicted octanol–water partition coefficient (Wildman–Crippen LogP) is 0.145. The molecule has 0 bridgehead atoms. The summed E-state index contributed by atoms with van der Waals surface area (Å²) in [7, 11) is 2.25. The molecule has 0 aromatic heterocycles. The van der Waals surface area contributed by atoms with Crippen LogP contribution in [0.25, 0.3) is 0 Å². The van der Waals surface area contributed by atoms with Gasteiger partial charge >= 0.3 is 0 Å². The van der Waals surface area contributed by atoms with E-state index in [1.807, 2.05) is 0 Å². The molecule has 0 aromatic rings. The first-order valence-electron chi connectivity index (χ1n) is 0.316. The summed E-state index contributed by atoms with van der Waals surface area (Å²) in [6.07, 6.45) is 0. The fourth-order valence-electron chi connectivity index (χ4n) is 0. The van der Waals surface area contributed by atoms with Gasteiger partial charge in [0.1, 0.15) is 0 Å². The van der Waals surface area contributed by atoms with Crippen LogP contribution in [0.5, 0.6) is 0 Å². The summed E-state index contributed by atoms with van der Waals surface area (Å²) in [5.41, 5.74) is 0. The molecular weight excluding hydrogens is 501 g/mol. The molecule has 1 nitrogen and oxygen atoms in total. The van der Waals surface area contributed by atoms with Gasteiger partial charge in [-0.1, -0.05) is 0 Å². The standard InChI is InChI=1S/CH3O.U.V.W/c1-2;;;/h2H,1H2;;;/q-1;;;. The van der Waals surface area contributed by atoms with Crippen molar-refractivity contribution in [3.63, 3.8) is 0 Å². The van der Waals surface area contributed by atoms with Crippen molar-refractivity contribution in [2.45, 2.75) is 0 Å². The van der Waals surface area contributed by atoms with Crippen molar-refractivity contribution >= 4 is 0 Å². The Labute approximate surface area is 81.8 Å². The number of aliphatic hydroxyl groups is 1. The fourth-order valence-corrected chi connectivity index (χ4v) is 0. The Morgan fingerprint density at radius 1 is 1.20 bits per heavy atom. The molecule has 0 unspecified atom stereocenters. The van der Waals surface area contributed by atoms with E-state index in [4.69, 9.17) is 5.11 Å². The van der Waals surface area contributed by atoms with Crippen molar-refractivity contribution in [1.29, 1.82) is 0 Å². The van der Waals surface area contributed by atoms with E-state index in [1.165, 1.54) is 0 Å². The van der Waals surface area contributed by atoms with Gasteiger partial charge in [0.25, 0.3) is 0 Å². The normalized spacial score (nSPS) is 1.20. The number of hydrogen-bond donors (Lipinski definition) is 1. The molecule has 0 amide bonds. The molecule has 0 aliphatic carbocycles. The molecule has 0 fully saturated rings. The zero-order valence-electron chi connectivity index (χ0n) is 2.51. The van der Waals surface area contributed by atoms with Crippen LogP contribution in [0.15, 0.2) is 0 Å². The van der Waals surface area contributed by atoms with E-state index in [0.717, 1.165) is 0 Å². The summed E-state index contributed by atoms with van der Waals surface area (Å²) in [5.74, 6) is 0. The summed E-state index contributed by atoms with van der Waals surface area (Å²) in [6.45, 7) is 0. The van der Waals surface area contributed by atoms with Gasteiger partial charge in [-0.25, -0.2) is 7.11 Å². The van der Waals surface area contributed by atoms with Crippen molar-refractivity contribution in [3.05, 3.63) is 7.11 Å². The second-order valence-electron chi connectivity index (χ2n) is 0. The average Bonchev–Trinajstić information content (AvgIpc) is 1.00. The number of rotatable bonds is 0. The van der Waals surface area contributed by atoms with Crippen LogP contribution in [-0.4, -0.2) is 5.11 Å². The molecule has 1 radical (unpaired) electrons. The summed E-state index contributed by atoms with van der Waals surface area (Å²) >= 11 is 0. The molecule has 0 atom stereocenters. The zero-order chi connectivity index (χ0) is 2.00. The molecule has 0 heterocycles. The molecular formula is CH3OUVW-. The van der Waals surface area contributed by atoms with E-state index in [1.54, 1.807) is 0 Å². The summed E-state index contributed by atoms with van der Waals surface area (Å²) in [5, 5.41) is 6.75. The molecule has 0 aliphatic heterocycles. The maximum Gasteiger partial charge on any atom is 0 e. The third kappa shape index (κ3) is 22.1. The maximum atomic E-state index is 6.75. The minimum Gasteiger partial charge on any atom is -0.569 e. The predicted molar refractivity (Wildman–Crippen MR) is 7.29 cm³/mol. The Bertz CT molecular complexity index is 11.6. The Morgan fingerprint density at radius 2 is 1.20 bits per heavy atom. The maximum absolute atomic E-state index is 6.75. The molecule has 0 spiro atoms. The summed E-state index contributed by atoms with van der Waals surface area (Å²) < 4.78 is 0. The number of aliphatic hydroxyl groups excluding tert-OH is 1. The Morgan fingerprint density at radius 3 is 1.20 bits per heavy atom. The minimum atomic E-state index is 0. The summed E-state index contributed by atoms with van der Waals surface area (Å²) in [4.78, 5) is 0. The van der Waals surface area contributed by atoms with Gasteiger partial charge in [0.15, 0.2) is 0 Å². The van der Waals surface area contributed by atoms with E-state index in [0.29, 0.717) is 0 Å². The quantitative estimate of drug-likeness (QED) is 0.467.